The quantitative estimate of drug-likeness (QED) is 0.588. The van der Waals surface area contributed by atoms with Gasteiger partial charge in [-0.15, -0.1) is 11.3 Å². The number of halogens is 2. The highest BCUT2D eigenvalue weighted by atomic mass is 32.1. The molecular weight excluding hydrogens is 178 g/mol. The van der Waals surface area contributed by atoms with Crippen molar-refractivity contribution in [2.24, 2.45) is 0 Å². The van der Waals surface area contributed by atoms with E-state index in [1.165, 1.54) is 16.7 Å². The number of hydrogen-bond acceptors (Lipinski definition) is 1. The molecule has 0 spiro atoms. The molecule has 0 saturated carbocycles. The van der Waals surface area contributed by atoms with Crippen LogP contribution in [0.1, 0.15) is 5.56 Å². The third-order valence-electron chi connectivity index (χ3n) is 1.83. The van der Waals surface area contributed by atoms with Gasteiger partial charge in [-0.1, -0.05) is 6.07 Å². The summed E-state index contributed by atoms with van der Waals surface area (Å²) in [6.07, 6.45) is 0. The van der Waals surface area contributed by atoms with Gasteiger partial charge in [-0.05, 0) is 18.6 Å². The van der Waals surface area contributed by atoms with Gasteiger partial charge in [0.05, 0.1) is 5.39 Å². The number of benzene rings is 1. The van der Waals surface area contributed by atoms with Crippen LogP contribution < -0.4 is 0 Å². The summed E-state index contributed by atoms with van der Waals surface area (Å²) < 4.78 is 26.9. The molecule has 0 bridgehead atoms. The monoisotopic (exact) mass is 184 g/mol. The fourth-order valence-corrected chi connectivity index (χ4v) is 1.96. The maximum absolute atomic E-state index is 13.3. The lowest BCUT2D eigenvalue weighted by Gasteiger charge is -1.96. The molecule has 0 aliphatic rings. The number of rotatable bonds is 0. The van der Waals surface area contributed by atoms with Gasteiger partial charge in [-0.2, -0.15) is 0 Å². The summed E-state index contributed by atoms with van der Waals surface area (Å²) >= 11 is 1.22. The molecule has 0 N–H and O–H groups in total. The molecule has 0 fully saturated rings. The molecule has 0 unspecified atom stereocenters. The Labute approximate surface area is 72.4 Å². The first kappa shape index (κ1) is 7.68. The van der Waals surface area contributed by atoms with E-state index in [9.17, 15) is 8.78 Å². The lowest BCUT2D eigenvalue weighted by Crippen LogP contribution is -1.83. The van der Waals surface area contributed by atoms with E-state index in [0.717, 1.165) is 0 Å². The molecule has 1 aromatic heterocycles. The van der Waals surface area contributed by atoms with Crippen molar-refractivity contribution in [1.82, 2.24) is 0 Å². The average molecular weight is 184 g/mol. The van der Waals surface area contributed by atoms with Crippen molar-refractivity contribution < 1.29 is 8.78 Å². The SMILES string of the molecule is Cc1ccc2scc(F)c2c1F. The van der Waals surface area contributed by atoms with Gasteiger partial charge in [0.15, 0.2) is 0 Å². The summed E-state index contributed by atoms with van der Waals surface area (Å²) in [4.78, 5) is 0. The summed E-state index contributed by atoms with van der Waals surface area (Å²) in [5.41, 5.74) is 0.486. The predicted octanol–water partition coefficient (Wildman–Crippen LogP) is 3.49. The molecule has 0 aliphatic carbocycles. The molecule has 1 heterocycles. The van der Waals surface area contributed by atoms with E-state index in [-0.39, 0.29) is 5.39 Å². The highest BCUT2D eigenvalue weighted by molar-refractivity contribution is 7.17. The zero-order valence-electron chi connectivity index (χ0n) is 6.40. The Kier molecular flexibility index (Phi) is 1.61. The van der Waals surface area contributed by atoms with Gasteiger partial charge in [0.2, 0.25) is 0 Å². The second-order valence-corrected chi connectivity index (χ2v) is 3.56. The summed E-state index contributed by atoms with van der Waals surface area (Å²) in [7, 11) is 0. The molecule has 0 atom stereocenters. The Morgan fingerprint density at radius 2 is 2.00 bits per heavy atom. The molecule has 0 aliphatic heterocycles. The van der Waals surface area contributed by atoms with Crippen molar-refractivity contribution >= 4 is 21.4 Å². The van der Waals surface area contributed by atoms with Crippen molar-refractivity contribution in [3.63, 3.8) is 0 Å². The van der Waals surface area contributed by atoms with E-state index in [1.54, 1.807) is 19.1 Å². The number of fused-ring (bicyclic) bond motifs is 1. The molecule has 0 amide bonds. The number of hydrogen-bond donors (Lipinski definition) is 0. The van der Waals surface area contributed by atoms with E-state index < -0.39 is 11.6 Å². The second kappa shape index (κ2) is 2.52. The van der Waals surface area contributed by atoms with Crippen LogP contribution in [0.4, 0.5) is 8.78 Å². The van der Waals surface area contributed by atoms with Crippen molar-refractivity contribution in [2.45, 2.75) is 6.92 Å². The molecule has 1 aromatic carbocycles. The maximum atomic E-state index is 13.3. The molecule has 2 rings (SSSR count). The van der Waals surface area contributed by atoms with Gasteiger partial charge < -0.3 is 0 Å². The van der Waals surface area contributed by atoms with Gasteiger partial charge >= 0.3 is 0 Å². The van der Waals surface area contributed by atoms with Crippen LogP contribution in [0.3, 0.4) is 0 Å². The summed E-state index contributed by atoms with van der Waals surface area (Å²) in [6.45, 7) is 1.63. The van der Waals surface area contributed by atoms with Gasteiger partial charge in [-0.25, -0.2) is 8.78 Å². The highest BCUT2D eigenvalue weighted by Crippen LogP contribution is 2.28. The smallest absolute Gasteiger partial charge is 0.144 e. The predicted molar refractivity (Wildman–Crippen MR) is 46.5 cm³/mol. The Morgan fingerprint density at radius 1 is 1.25 bits per heavy atom. The van der Waals surface area contributed by atoms with Crippen molar-refractivity contribution in [2.75, 3.05) is 0 Å². The molecule has 3 heteroatoms. The van der Waals surface area contributed by atoms with E-state index in [2.05, 4.69) is 0 Å². The van der Waals surface area contributed by atoms with Crippen LogP contribution >= 0.6 is 11.3 Å². The van der Waals surface area contributed by atoms with Gasteiger partial charge in [0.1, 0.15) is 11.6 Å². The van der Waals surface area contributed by atoms with E-state index >= 15 is 0 Å². The summed E-state index contributed by atoms with van der Waals surface area (Å²) in [6, 6.07) is 3.40. The zero-order chi connectivity index (χ0) is 8.72. The minimum Gasteiger partial charge on any atom is -0.206 e. The van der Waals surface area contributed by atoms with Crippen molar-refractivity contribution in [3.8, 4) is 0 Å². The molecule has 2 aromatic rings. The van der Waals surface area contributed by atoms with Crippen LogP contribution in [-0.2, 0) is 0 Å². The Morgan fingerprint density at radius 3 is 2.75 bits per heavy atom. The summed E-state index contributed by atoms with van der Waals surface area (Å²) in [5.74, 6) is -0.901. The first-order chi connectivity index (χ1) is 5.70. The molecule has 62 valence electrons. The van der Waals surface area contributed by atoms with E-state index in [4.69, 9.17) is 0 Å². The van der Waals surface area contributed by atoms with E-state index in [0.29, 0.717) is 10.3 Å². The van der Waals surface area contributed by atoms with Gasteiger partial charge in [0, 0.05) is 10.1 Å². The Balaban J connectivity index is 2.96. The molecular formula is C9H6F2S. The minimum absolute atomic E-state index is 0.125. The summed E-state index contributed by atoms with van der Waals surface area (Å²) in [5, 5.41) is 1.45. The number of aryl methyl sites for hydroxylation is 1. The molecule has 12 heavy (non-hydrogen) atoms. The van der Waals surface area contributed by atoms with Crippen LogP contribution in [0.5, 0.6) is 0 Å². The first-order valence-electron chi connectivity index (χ1n) is 3.52. The van der Waals surface area contributed by atoms with Crippen molar-refractivity contribution in [1.29, 1.82) is 0 Å². The van der Waals surface area contributed by atoms with Crippen molar-refractivity contribution in [3.05, 3.63) is 34.7 Å². The zero-order valence-corrected chi connectivity index (χ0v) is 7.21. The topological polar surface area (TPSA) is 0 Å². The van der Waals surface area contributed by atoms with Crippen LogP contribution in [0.15, 0.2) is 17.5 Å². The highest BCUT2D eigenvalue weighted by Gasteiger charge is 2.10. The third kappa shape index (κ3) is 0.932. The van der Waals surface area contributed by atoms with Gasteiger partial charge in [-0.3, -0.25) is 0 Å². The van der Waals surface area contributed by atoms with Crippen LogP contribution in [0.2, 0.25) is 0 Å². The Bertz CT molecular complexity index is 431. The van der Waals surface area contributed by atoms with Gasteiger partial charge in [0.25, 0.3) is 0 Å². The van der Waals surface area contributed by atoms with Crippen LogP contribution in [0, 0.1) is 18.6 Å². The average Bonchev–Trinajstić information content (AvgIpc) is 2.41. The minimum atomic E-state index is -0.462. The van der Waals surface area contributed by atoms with Crippen LogP contribution in [0.25, 0.3) is 10.1 Å². The van der Waals surface area contributed by atoms with E-state index in [1.807, 2.05) is 0 Å². The fourth-order valence-electron chi connectivity index (χ4n) is 1.16. The first-order valence-corrected chi connectivity index (χ1v) is 4.40. The number of thiophene rings is 1. The molecule has 0 nitrogen and oxygen atoms in total. The third-order valence-corrected chi connectivity index (χ3v) is 2.74. The van der Waals surface area contributed by atoms with Crippen LogP contribution in [-0.4, -0.2) is 0 Å². The second-order valence-electron chi connectivity index (χ2n) is 2.65. The normalized spacial score (nSPS) is 10.9. The molecule has 0 saturated heterocycles. The fraction of sp³-hybridized carbons (Fsp3) is 0.111. The molecule has 0 radical (unpaired) electrons. The lowest BCUT2D eigenvalue weighted by molar-refractivity contribution is 0.606. The Hall–Kier alpha value is -0.960. The largest absolute Gasteiger partial charge is 0.206 e. The standard InChI is InChI=1S/C9H6F2S/c1-5-2-3-7-8(9(5)11)6(10)4-12-7/h2-4H,1H3. The maximum Gasteiger partial charge on any atom is 0.144 e. The lowest BCUT2D eigenvalue weighted by atomic mass is 10.2.